The minimum absolute atomic E-state index is 0.0341. The van der Waals surface area contributed by atoms with Gasteiger partial charge in [-0.25, -0.2) is 18.6 Å². The van der Waals surface area contributed by atoms with E-state index in [0.717, 1.165) is 30.3 Å². The number of aromatic nitrogens is 1. The molecule has 0 aliphatic rings. The van der Waals surface area contributed by atoms with Crippen molar-refractivity contribution in [2.75, 3.05) is 6.61 Å². The average Bonchev–Trinajstić information content (AvgIpc) is 2.60. The number of benzene rings is 1. The Bertz CT molecular complexity index is 855. The van der Waals surface area contributed by atoms with Crippen molar-refractivity contribution in [1.29, 1.82) is 5.26 Å². The third-order valence-corrected chi connectivity index (χ3v) is 3.36. The number of halogens is 5. The first-order valence-electron chi connectivity index (χ1n) is 7.27. The lowest BCUT2D eigenvalue weighted by Crippen LogP contribution is -2.12. The standard InChI is InChI=1S/C17H11F5N2O2/c1-2-26-16(25)12-7-10(8-23)13(24-14(12)15(18)19)9-3-5-11(6-4-9)17(20,21)22/h3-7,15H,2H2,1H3. The molecule has 1 aromatic carbocycles. The van der Waals surface area contributed by atoms with Gasteiger partial charge in [-0.2, -0.15) is 18.4 Å². The summed E-state index contributed by atoms with van der Waals surface area (Å²) in [5.41, 5.74) is -2.85. The summed E-state index contributed by atoms with van der Waals surface area (Å²) in [6, 6.07) is 6.14. The van der Waals surface area contributed by atoms with Gasteiger partial charge in [0.15, 0.2) is 0 Å². The number of alkyl halides is 5. The van der Waals surface area contributed by atoms with Crippen LogP contribution in [0.15, 0.2) is 30.3 Å². The van der Waals surface area contributed by atoms with E-state index >= 15 is 0 Å². The molecule has 0 unspecified atom stereocenters. The minimum atomic E-state index is -4.56. The maximum absolute atomic E-state index is 13.3. The van der Waals surface area contributed by atoms with E-state index in [-0.39, 0.29) is 23.4 Å². The number of hydrogen-bond acceptors (Lipinski definition) is 4. The molecule has 0 aliphatic carbocycles. The molecular formula is C17H11F5N2O2. The van der Waals surface area contributed by atoms with Gasteiger partial charge in [-0.05, 0) is 25.1 Å². The Morgan fingerprint density at radius 3 is 2.35 bits per heavy atom. The Morgan fingerprint density at radius 1 is 1.27 bits per heavy atom. The minimum Gasteiger partial charge on any atom is -0.462 e. The van der Waals surface area contributed by atoms with Gasteiger partial charge < -0.3 is 4.74 Å². The van der Waals surface area contributed by atoms with Crippen molar-refractivity contribution >= 4 is 5.97 Å². The zero-order valence-corrected chi connectivity index (χ0v) is 13.3. The second-order valence-corrected chi connectivity index (χ2v) is 5.03. The predicted octanol–water partition coefficient (Wildman–Crippen LogP) is 4.75. The quantitative estimate of drug-likeness (QED) is 0.575. The molecule has 0 aliphatic heterocycles. The molecule has 26 heavy (non-hydrogen) atoms. The Kier molecular flexibility index (Phi) is 5.55. The van der Waals surface area contributed by atoms with Crippen LogP contribution in [0.25, 0.3) is 11.3 Å². The second kappa shape index (κ2) is 7.47. The smallest absolute Gasteiger partial charge is 0.416 e. The number of esters is 1. The summed E-state index contributed by atoms with van der Waals surface area (Å²) >= 11 is 0. The van der Waals surface area contributed by atoms with Gasteiger partial charge in [-0.15, -0.1) is 0 Å². The molecule has 0 saturated carbocycles. The third-order valence-electron chi connectivity index (χ3n) is 3.36. The molecule has 0 fully saturated rings. The second-order valence-electron chi connectivity index (χ2n) is 5.03. The predicted molar refractivity (Wildman–Crippen MR) is 80.3 cm³/mol. The summed E-state index contributed by atoms with van der Waals surface area (Å²) in [6.45, 7) is 1.42. The third kappa shape index (κ3) is 3.96. The topological polar surface area (TPSA) is 63.0 Å². The van der Waals surface area contributed by atoms with Crippen LogP contribution in [0.5, 0.6) is 0 Å². The largest absolute Gasteiger partial charge is 0.462 e. The van der Waals surface area contributed by atoms with Gasteiger partial charge in [-0.3, -0.25) is 0 Å². The van der Waals surface area contributed by atoms with Gasteiger partial charge in [0.05, 0.1) is 29.0 Å². The highest BCUT2D eigenvalue weighted by molar-refractivity contribution is 5.92. The molecular weight excluding hydrogens is 359 g/mol. The number of nitrogens with zero attached hydrogens (tertiary/aromatic N) is 2. The van der Waals surface area contributed by atoms with Gasteiger partial charge in [0.25, 0.3) is 6.43 Å². The van der Waals surface area contributed by atoms with Crippen molar-refractivity contribution in [3.63, 3.8) is 0 Å². The Labute approximate surface area is 144 Å². The molecule has 0 spiro atoms. The van der Waals surface area contributed by atoms with Gasteiger partial charge in [-0.1, -0.05) is 12.1 Å². The molecule has 1 heterocycles. The Morgan fingerprint density at radius 2 is 1.88 bits per heavy atom. The van der Waals surface area contributed by atoms with Crippen molar-refractivity contribution < 1.29 is 31.5 Å². The highest BCUT2D eigenvalue weighted by atomic mass is 19.4. The van der Waals surface area contributed by atoms with E-state index in [9.17, 15) is 32.0 Å². The van der Waals surface area contributed by atoms with Crippen LogP contribution in [0.2, 0.25) is 0 Å². The van der Waals surface area contributed by atoms with Crippen LogP contribution in [-0.4, -0.2) is 17.6 Å². The van der Waals surface area contributed by atoms with E-state index in [1.807, 2.05) is 0 Å². The van der Waals surface area contributed by atoms with Crippen molar-refractivity contribution in [1.82, 2.24) is 4.98 Å². The van der Waals surface area contributed by atoms with E-state index in [1.54, 1.807) is 6.07 Å². The van der Waals surface area contributed by atoms with Crippen LogP contribution in [0, 0.1) is 11.3 Å². The van der Waals surface area contributed by atoms with Crippen molar-refractivity contribution in [2.45, 2.75) is 19.5 Å². The first kappa shape index (κ1) is 19.3. The molecule has 0 atom stereocenters. The molecule has 0 saturated heterocycles. The number of nitriles is 1. The molecule has 1 aromatic heterocycles. The van der Waals surface area contributed by atoms with Crippen LogP contribution in [0.1, 0.15) is 40.5 Å². The lowest BCUT2D eigenvalue weighted by atomic mass is 10.0. The first-order valence-corrected chi connectivity index (χ1v) is 7.27. The van der Waals surface area contributed by atoms with E-state index in [0.29, 0.717) is 0 Å². The zero-order valence-electron chi connectivity index (χ0n) is 13.3. The Balaban J connectivity index is 2.60. The fraction of sp³-hybridized carbons (Fsp3) is 0.235. The number of ether oxygens (including phenoxy) is 1. The molecule has 2 rings (SSSR count). The van der Waals surface area contributed by atoms with Crippen molar-refractivity contribution in [2.24, 2.45) is 0 Å². The molecule has 0 amide bonds. The van der Waals surface area contributed by atoms with Crippen LogP contribution in [0.3, 0.4) is 0 Å². The summed E-state index contributed by atoms with van der Waals surface area (Å²) < 4.78 is 69.1. The maximum atomic E-state index is 13.3. The summed E-state index contributed by atoms with van der Waals surface area (Å²) in [7, 11) is 0. The SMILES string of the molecule is CCOC(=O)c1cc(C#N)c(-c2ccc(C(F)(F)F)cc2)nc1C(F)F. The number of carbonyl (C=O) groups is 1. The summed E-state index contributed by atoms with van der Waals surface area (Å²) in [4.78, 5) is 15.5. The summed E-state index contributed by atoms with van der Waals surface area (Å²) in [6.07, 6.45) is -7.71. The van der Waals surface area contributed by atoms with Crippen LogP contribution < -0.4 is 0 Å². The lowest BCUT2D eigenvalue weighted by molar-refractivity contribution is -0.137. The first-order chi connectivity index (χ1) is 12.2. The Hall–Kier alpha value is -3.02. The van der Waals surface area contributed by atoms with Gasteiger partial charge in [0.1, 0.15) is 11.8 Å². The zero-order chi connectivity index (χ0) is 19.5. The summed E-state index contributed by atoms with van der Waals surface area (Å²) in [5, 5.41) is 9.22. The van der Waals surface area contributed by atoms with E-state index in [1.165, 1.54) is 6.92 Å². The molecule has 136 valence electrons. The fourth-order valence-corrected chi connectivity index (χ4v) is 2.19. The normalized spacial score (nSPS) is 11.3. The summed E-state index contributed by atoms with van der Waals surface area (Å²) in [5.74, 6) is -1.06. The van der Waals surface area contributed by atoms with Crippen LogP contribution >= 0.6 is 0 Å². The van der Waals surface area contributed by atoms with Crippen molar-refractivity contribution in [3.05, 3.63) is 52.7 Å². The van der Waals surface area contributed by atoms with Gasteiger partial charge in [0.2, 0.25) is 0 Å². The number of pyridine rings is 1. The van der Waals surface area contributed by atoms with E-state index < -0.39 is 35.4 Å². The number of carbonyl (C=O) groups excluding carboxylic acids is 1. The number of hydrogen-bond donors (Lipinski definition) is 0. The average molecular weight is 370 g/mol. The fourth-order valence-electron chi connectivity index (χ4n) is 2.19. The highest BCUT2D eigenvalue weighted by Crippen LogP contribution is 2.33. The molecule has 4 nitrogen and oxygen atoms in total. The van der Waals surface area contributed by atoms with Crippen LogP contribution in [0.4, 0.5) is 22.0 Å². The number of rotatable bonds is 4. The van der Waals surface area contributed by atoms with E-state index in [2.05, 4.69) is 9.72 Å². The molecule has 9 heteroatoms. The molecule has 0 bridgehead atoms. The monoisotopic (exact) mass is 370 g/mol. The molecule has 0 radical (unpaired) electrons. The lowest BCUT2D eigenvalue weighted by Gasteiger charge is -2.12. The maximum Gasteiger partial charge on any atom is 0.416 e. The van der Waals surface area contributed by atoms with Crippen molar-refractivity contribution in [3.8, 4) is 17.3 Å². The molecule has 2 aromatic rings. The van der Waals surface area contributed by atoms with Gasteiger partial charge >= 0.3 is 12.1 Å². The van der Waals surface area contributed by atoms with Crippen LogP contribution in [-0.2, 0) is 10.9 Å². The van der Waals surface area contributed by atoms with E-state index in [4.69, 9.17) is 0 Å². The van der Waals surface area contributed by atoms with Gasteiger partial charge in [0, 0.05) is 5.56 Å². The molecule has 0 N–H and O–H groups in total. The highest BCUT2D eigenvalue weighted by Gasteiger charge is 2.30.